The fourth-order valence-electron chi connectivity index (χ4n) is 2.52. The topological polar surface area (TPSA) is 102 Å². The minimum absolute atomic E-state index is 0.00916. The summed E-state index contributed by atoms with van der Waals surface area (Å²) in [6.07, 6.45) is -0.949. The van der Waals surface area contributed by atoms with Gasteiger partial charge in [-0.1, -0.05) is 18.2 Å². The fourth-order valence-corrected chi connectivity index (χ4v) is 2.52. The number of aryl methyl sites for hydroxylation is 1. The van der Waals surface area contributed by atoms with Gasteiger partial charge in [0.1, 0.15) is 11.6 Å². The number of hydrogen-bond donors (Lipinski definition) is 2. The van der Waals surface area contributed by atoms with Crippen LogP contribution in [0.15, 0.2) is 53.3 Å². The Kier molecular flexibility index (Phi) is 5.35. The third-order valence-electron chi connectivity index (χ3n) is 3.97. The number of nitrogens with one attached hydrogen (secondary N) is 2. The summed E-state index contributed by atoms with van der Waals surface area (Å²) >= 11 is 0. The maximum atomic E-state index is 12.9. The first-order valence-corrected chi connectivity index (χ1v) is 8.35. The Morgan fingerprint density at radius 3 is 2.39 bits per heavy atom. The van der Waals surface area contributed by atoms with E-state index in [1.54, 1.807) is 24.3 Å². The van der Waals surface area contributed by atoms with E-state index < -0.39 is 23.7 Å². The standard InChI is InChI=1S/C19H17FN4O4/c1-11(28-13-9-7-12(20)8-10-13)17(25)21-22-18(26)16-14-5-3-4-6-15(14)19(27)24(2)23-16/h3-11H,1-2H3,(H,21,25)(H,22,26). The molecule has 0 saturated carbocycles. The zero-order valence-corrected chi connectivity index (χ0v) is 15.1. The van der Waals surface area contributed by atoms with Crippen LogP contribution in [-0.4, -0.2) is 27.7 Å². The lowest BCUT2D eigenvalue weighted by molar-refractivity contribution is -0.128. The van der Waals surface area contributed by atoms with Crippen molar-refractivity contribution >= 4 is 22.6 Å². The number of nitrogens with zero attached hydrogens (tertiary/aromatic N) is 2. The lowest BCUT2D eigenvalue weighted by Gasteiger charge is -2.15. The maximum Gasteiger partial charge on any atom is 0.290 e. The second-order valence-corrected chi connectivity index (χ2v) is 5.98. The van der Waals surface area contributed by atoms with Gasteiger partial charge in [-0.3, -0.25) is 25.2 Å². The molecule has 0 aliphatic heterocycles. The van der Waals surface area contributed by atoms with Gasteiger partial charge in [0, 0.05) is 12.4 Å². The van der Waals surface area contributed by atoms with Crippen molar-refractivity contribution in [2.75, 3.05) is 0 Å². The minimum atomic E-state index is -0.949. The minimum Gasteiger partial charge on any atom is -0.481 e. The first kappa shape index (κ1) is 19.0. The van der Waals surface area contributed by atoms with E-state index in [4.69, 9.17) is 4.74 Å². The Balaban J connectivity index is 1.69. The third-order valence-corrected chi connectivity index (χ3v) is 3.97. The van der Waals surface area contributed by atoms with Gasteiger partial charge in [0.15, 0.2) is 11.8 Å². The van der Waals surface area contributed by atoms with Gasteiger partial charge in [0.25, 0.3) is 17.4 Å². The molecule has 28 heavy (non-hydrogen) atoms. The molecule has 0 bridgehead atoms. The zero-order chi connectivity index (χ0) is 20.3. The highest BCUT2D eigenvalue weighted by atomic mass is 19.1. The molecule has 0 fully saturated rings. The maximum absolute atomic E-state index is 12.9. The fraction of sp³-hybridized carbons (Fsp3) is 0.158. The quantitative estimate of drug-likeness (QED) is 0.660. The molecule has 0 spiro atoms. The van der Waals surface area contributed by atoms with Gasteiger partial charge in [-0.15, -0.1) is 0 Å². The summed E-state index contributed by atoms with van der Waals surface area (Å²) in [5.74, 6) is -1.42. The molecule has 0 aliphatic rings. The van der Waals surface area contributed by atoms with Gasteiger partial charge in [-0.05, 0) is 37.3 Å². The molecular formula is C19H17FN4O4. The lowest BCUT2D eigenvalue weighted by atomic mass is 10.1. The van der Waals surface area contributed by atoms with E-state index in [1.807, 2.05) is 0 Å². The smallest absolute Gasteiger partial charge is 0.290 e. The number of aromatic nitrogens is 2. The van der Waals surface area contributed by atoms with E-state index in [2.05, 4.69) is 16.0 Å². The number of hydrogen-bond acceptors (Lipinski definition) is 5. The molecule has 144 valence electrons. The Morgan fingerprint density at radius 2 is 1.71 bits per heavy atom. The normalized spacial score (nSPS) is 11.7. The first-order chi connectivity index (χ1) is 13.4. The van der Waals surface area contributed by atoms with Crippen molar-refractivity contribution in [3.63, 3.8) is 0 Å². The predicted octanol–water partition coefficient (Wildman–Crippen LogP) is 1.30. The van der Waals surface area contributed by atoms with Crippen molar-refractivity contribution in [3.05, 3.63) is 70.4 Å². The molecule has 3 rings (SSSR count). The molecule has 8 nitrogen and oxygen atoms in total. The van der Waals surface area contributed by atoms with Crippen LogP contribution in [0.4, 0.5) is 4.39 Å². The number of amides is 2. The molecule has 9 heteroatoms. The highest BCUT2D eigenvalue weighted by molar-refractivity contribution is 6.05. The van der Waals surface area contributed by atoms with Gasteiger partial charge < -0.3 is 4.74 Å². The zero-order valence-electron chi connectivity index (χ0n) is 15.1. The summed E-state index contributed by atoms with van der Waals surface area (Å²) in [4.78, 5) is 36.7. The van der Waals surface area contributed by atoms with Gasteiger partial charge in [-0.2, -0.15) is 5.10 Å². The molecule has 2 N–H and O–H groups in total. The second kappa shape index (κ2) is 7.87. The van der Waals surface area contributed by atoms with Crippen LogP contribution in [0.2, 0.25) is 0 Å². The largest absolute Gasteiger partial charge is 0.481 e. The number of hydrazine groups is 1. The van der Waals surface area contributed by atoms with E-state index >= 15 is 0 Å². The second-order valence-electron chi connectivity index (χ2n) is 5.98. The highest BCUT2D eigenvalue weighted by Gasteiger charge is 2.19. The van der Waals surface area contributed by atoms with Crippen molar-refractivity contribution < 1.29 is 18.7 Å². The van der Waals surface area contributed by atoms with E-state index in [9.17, 15) is 18.8 Å². The van der Waals surface area contributed by atoms with E-state index in [0.29, 0.717) is 16.5 Å². The molecule has 1 unspecified atom stereocenters. The molecule has 0 saturated heterocycles. The molecule has 1 aromatic heterocycles. The molecular weight excluding hydrogens is 367 g/mol. The molecule has 2 aromatic carbocycles. The number of carbonyl (C=O) groups is 2. The Morgan fingerprint density at radius 1 is 1.07 bits per heavy atom. The Bertz CT molecular complexity index is 1100. The van der Waals surface area contributed by atoms with Crippen molar-refractivity contribution in [1.82, 2.24) is 20.6 Å². The number of rotatable bonds is 4. The summed E-state index contributed by atoms with van der Waals surface area (Å²) in [5.41, 5.74) is 4.16. The molecule has 1 heterocycles. The van der Waals surface area contributed by atoms with Gasteiger partial charge >= 0.3 is 0 Å². The number of benzene rings is 2. The van der Waals surface area contributed by atoms with E-state index in [0.717, 1.165) is 4.68 Å². The number of carbonyl (C=O) groups excluding carboxylic acids is 2. The van der Waals surface area contributed by atoms with E-state index in [1.165, 1.54) is 38.2 Å². The van der Waals surface area contributed by atoms with Crippen molar-refractivity contribution in [2.24, 2.45) is 7.05 Å². The molecule has 0 radical (unpaired) electrons. The van der Waals surface area contributed by atoms with Crippen LogP contribution in [0.25, 0.3) is 10.8 Å². The summed E-state index contributed by atoms with van der Waals surface area (Å²) in [6, 6.07) is 11.7. The monoisotopic (exact) mass is 384 g/mol. The third kappa shape index (κ3) is 3.98. The SMILES string of the molecule is CC(Oc1ccc(F)cc1)C(=O)NNC(=O)c1nn(C)c(=O)c2ccccc12. The van der Waals surface area contributed by atoms with Crippen LogP contribution in [0.5, 0.6) is 5.75 Å². The van der Waals surface area contributed by atoms with Crippen LogP contribution in [0, 0.1) is 5.82 Å². The van der Waals surface area contributed by atoms with Crippen molar-refractivity contribution in [3.8, 4) is 5.75 Å². The molecule has 1 atom stereocenters. The van der Waals surface area contributed by atoms with Crippen molar-refractivity contribution in [1.29, 1.82) is 0 Å². The summed E-state index contributed by atoms with van der Waals surface area (Å²) < 4.78 is 19.3. The molecule has 2 amide bonds. The van der Waals surface area contributed by atoms with Gasteiger partial charge in [0.05, 0.1) is 5.39 Å². The number of halogens is 1. The summed E-state index contributed by atoms with van der Waals surface area (Å²) in [6.45, 7) is 1.48. The summed E-state index contributed by atoms with van der Waals surface area (Å²) in [5, 5.41) is 4.68. The number of fused-ring (bicyclic) bond motifs is 1. The average molecular weight is 384 g/mol. The highest BCUT2D eigenvalue weighted by Crippen LogP contribution is 2.14. The van der Waals surface area contributed by atoms with Gasteiger partial charge in [-0.25, -0.2) is 9.07 Å². The van der Waals surface area contributed by atoms with Crippen LogP contribution in [-0.2, 0) is 11.8 Å². The van der Waals surface area contributed by atoms with Crippen LogP contribution in [0.1, 0.15) is 17.4 Å². The van der Waals surface area contributed by atoms with Crippen LogP contribution in [0.3, 0.4) is 0 Å². The molecule has 0 aliphatic carbocycles. The predicted molar refractivity (Wildman–Crippen MR) is 99.1 cm³/mol. The van der Waals surface area contributed by atoms with Crippen LogP contribution >= 0.6 is 0 Å². The van der Waals surface area contributed by atoms with Crippen LogP contribution < -0.4 is 21.1 Å². The Labute approximate surface area is 158 Å². The van der Waals surface area contributed by atoms with Gasteiger partial charge in [0.2, 0.25) is 0 Å². The first-order valence-electron chi connectivity index (χ1n) is 8.35. The lowest BCUT2D eigenvalue weighted by Crippen LogP contribution is -2.47. The van der Waals surface area contributed by atoms with Crippen molar-refractivity contribution in [2.45, 2.75) is 13.0 Å². The summed E-state index contributed by atoms with van der Waals surface area (Å²) in [7, 11) is 1.43. The average Bonchev–Trinajstić information content (AvgIpc) is 2.70. The van der Waals surface area contributed by atoms with E-state index in [-0.39, 0.29) is 11.3 Å². The Hall–Kier alpha value is -3.75. The molecule has 3 aromatic rings. The number of ether oxygens (including phenoxy) is 1.